The first kappa shape index (κ1) is 34.5. The Kier molecular flexibility index (Phi) is 8.14. The lowest BCUT2D eigenvalue weighted by Crippen LogP contribution is -2.53. The van der Waals surface area contributed by atoms with Crippen molar-refractivity contribution in [3.63, 3.8) is 0 Å². The molecule has 9 nitrogen and oxygen atoms in total. The third-order valence-electron chi connectivity index (χ3n) is 11.6. The molecule has 8 rings (SSSR count). The zero-order valence-electron chi connectivity index (χ0n) is 29.1. The van der Waals surface area contributed by atoms with Gasteiger partial charge in [0.25, 0.3) is 11.8 Å². The van der Waals surface area contributed by atoms with Crippen LogP contribution >= 0.6 is 11.6 Å². The van der Waals surface area contributed by atoms with Crippen LogP contribution in [0.1, 0.15) is 58.3 Å². The average Bonchev–Trinajstić information content (AvgIpc) is 3.52. The molecule has 0 spiro atoms. The number of benzene rings is 4. The lowest BCUT2D eigenvalue weighted by atomic mass is 9.49. The highest BCUT2D eigenvalue weighted by Gasteiger charge is 2.70. The van der Waals surface area contributed by atoms with Crippen LogP contribution in [0.15, 0.2) is 96.6 Å². The number of nitrogens with one attached hydrogen (secondary N) is 1. The van der Waals surface area contributed by atoms with Gasteiger partial charge in [-0.15, -0.1) is 0 Å². The Labute approximate surface area is 310 Å². The van der Waals surface area contributed by atoms with Crippen molar-refractivity contribution in [2.45, 2.75) is 44.9 Å². The van der Waals surface area contributed by atoms with Crippen molar-refractivity contribution in [3.8, 4) is 5.75 Å². The molecule has 53 heavy (non-hydrogen) atoms. The van der Waals surface area contributed by atoms with Crippen LogP contribution in [0.5, 0.6) is 5.75 Å². The van der Waals surface area contributed by atoms with Gasteiger partial charge in [0.2, 0.25) is 11.8 Å². The van der Waals surface area contributed by atoms with E-state index in [9.17, 15) is 28.7 Å². The van der Waals surface area contributed by atoms with Crippen molar-refractivity contribution in [3.05, 3.63) is 135 Å². The first-order chi connectivity index (χ1) is 25.3. The number of Topliss-reactive ketones (excluding diaryl/α,β-unsaturated/α-hetero) is 1. The first-order valence-electron chi connectivity index (χ1n) is 17.5. The summed E-state index contributed by atoms with van der Waals surface area (Å²) >= 11 is 6.37. The number of rotatable bonds is 6. The molecule has 11 heteroatoms. The molecule has 2 heterocycles. The highest BCUT2D eigenvalue weighted by Crippen LogP contribution is 2.64. The van der Waals surface area contributed by atoms with E-state index in [1.165, 1.54) is 36.1 Å². The molecule has 268 valence electrons. The van der Waals surface area contributed by atoms with E-state index >= 15 is 4.79 Å². The number of hydrazine groups is 1. The molecule has 4 aromatic rings. The summed E-state index contributed by atoms with van der Waals surface area (Å²) in [5, 5.41) is 12.3. The summed E-state index contributed by atoms with van der Waals surface area (Å²) in [6, 6.07) is 22.1. The number of amides is 4. The summed E-state index contributed by atoms with van der Waals surface area (Å²) in [4.78, 5) is 71.8. The smallest absolute Gasteiger partial charge is 0.260 e. The van der Waals surface area contributed by atoms with Gasteiger partial charge >= 0.3 is 0 Å². The Hall–Kier alpha value is -5.61. The van der Waals surface area contributed by atoms with Crippen LogP contribution in [-0.4, -0.2) is 39.5 Å². The Balaban J connectivity index is 1.32. The molecule has 4 aliphatic rings. The number of allylic oxidation sites excluding steroid dienone is 2. The average molecular weight is 732 g/mol. The maximum atomic E-state index is 15.3. The number of aromatic hydroxyl groups is 1. The molecule has 0 aromatic heterocycles. The SMILES string of the molecule is CC(=O)c1ccc(N2C(=O)C3CC=C4C(CC5C(=O)N(Nc6ccc(F)cc6)C(=O)C5(c5ccc(Cl)cc5)C4c4cc(C)c(O)c(C)c4)C3C2=O)cc1. The second kappa shape index (κ2) is 12.5. The molecule has 4 amide bonds. The third kappa shape index (κ3) is 5.14. The number of phenols is 1. The van der Waals surface area contributed by atoms with E-state index < -0.39 is 58.5 Å². The van der Waals surface area contributed by atoms with Gasteiger partial charge in [-0.1, -0.05) is 47.5 Å². The summed E-state index contributed by atoms with van der Waals surface area (Å²) in [6.07, 6.45) is 2.28. The van der Waals surface area contributed by atoms with E-state index in [2.05, 4.69) is 5.43 Å². The third-order valence-corrected chi connectivity index (χ3v) is 11.9. The van der Waals surface area contributed by atoms with E-state index in [-0.39, 0.29) is 30.3 Å². The monoisotopic (exact) mass is 731 g/mol. The molecular weight excluding hydrogens is 697 g/mol. The summed E-state index contributed by atoms with van der Waals surface area (Å²) < 4.78 is 13.9. The number of ketones is 1. The Bertz CT molecular complexity index is 2250. The van der Waals surface area contributed by atoms with E-state index in [0.29, 0.717) is 44.2 Å². The number of anilines is 2. The highest BCUT2D eigenvalue weighted by molar-refractivity contribution is 6.30. The van der Waals surface area contributed by atoms with Gasteiger partial charge in [-0.25, -0.2) is 4.39 Å². The molecule has 2 aliphatic heterocycles. The van der Waals surface area contributed by atoms with Crippen molar-refractivity contribution in [1.29, 1.82) is 0 Å². The maximum Gasteiger partial charge on any atom is 0.260 e. The molecule has 2 saturated heterocycles. The Morgan fingerprint density at radius 3 is 2.13 bits per heavy atom. The lowest BCUT2D eigenvalue weighted by Gasteiger charge is -2.50. The molecule has 0 bridgehead atoms. The van der Waals surface area contributed by atoms with Crippen molar-refractivity contribution < 1.29 is 33.5 Å². The van der Waals surface area contributed by atoms with Crippen LogP contribution in [0.25, 0.3) is 0 Å². The number of hydrogen-bond donors (Lipinski definition) is 2. The van der Waals surface area contributed by atoms with E-state index in [1.54, 1.807) is 62.4 Å². The predicted octanol–water partition coefficient (Wildman–Crippen LogP) is 7.19. The Morgan fingerprint density at radius 2 is 1.51 bits per heavy atom. The van der Waals surface area contributed by atoms with Gasteiger partial charge < -0.3 is 5.11 Å². The first-order valence-corrected chi connectivity index (χ1v) is 17.9. The molecule has 2 aliphatic carbocycles. The highest BCUT2D eigenvalue weighted by atomic mass is 35.5. The van der Waals surface area contributed by atoms with Gasteiger partial charge in [0, 0.05) is 16.5 Å². The van der Waals surface area contributed by atoms with Crippen LogP contribution in [0.2, 0.25) is 5.02 Å². The molecule has 0 radical (unpaired) electrons. The number of fused-ring (bicyclic) bond motifs is 4. The minimum atomic E-state index is -1.53. The number of halogens is 2. The second-order valence-corrected chi connectivity index (χ2v) is 14.9. The van der Waals surface area contributed by atoms with Crippen LogP contribution in [-0.2, 0) is 24.6 Å². The lowest BCUT2D eigenvalue weighted by molar-refractivity contribution is -0.138. The quantitative estimate of drug-likeness (QED) is 0.122. The van der Waals surface area contributed by atoms with Crippen molar-refractivity contribution >= 4 is 52.4 Å². The second-order valence-electron chi connectivity index (χ2n) is 14.5. The number of nitrogens with zero attached hydrogens (tertiary/aromatic N) is 2. The molecule has 3 fully saturated rings. The Morgan fingerprint density at radius 1 is 0.868 bits per heavy atom. The minimum Gasteiger partial charge on any atom is -0.507 e. The number of carbonyl (C=O) groups is 5. The van der Waals surface area contributed by atoms with E-state index in [1.807, 2.05) is 18.2 Å². The van der Waals surface area contributed by atoms with Gasteiger partial charge in [-0.05, 0) is 122 Å². The van der Waals surface area contributed by atoms with Gasteiger partial charge in [-0.3, -0.25) is 34.3 Å². The zero-order chi connectivity index (χ0) is 37.5. The largest absolute Gasteiger partial charge is 0.507 e. The molecule has 1 saturated carbocycles. The van der Waals surface area contributed by atoms with E-state index in [4.69, 9.17) is 11.6 Å². The summed E-state index contributed by atoms with van der Waals surface area (Å²) in [5.74, 6) is -6.26. The molecule has 4 aromatic carbocycles. The van der Waals surface area contributed by atoms with Crippen LogP contribution in [0.4, 0.5) is 15.8 Å². The molecule has 6 unspecified atom stereocenters. The molecule has 2 N–H and O–H groups in total. The summed E-state index contributed by atoms with van der Waals surface area (Å²) in [6.45, 7) is 4.97. The van der Waals surface area contributed by atoms with Crippen LogP contribution in [0, 0.1) is 43.3 Å². The van der Waals surface area contributed by atoms with E-state index in [0.717, 1.165) is 10.6 Å². The van der Waals surface area contributed by atoms with Crippen molar-refractivity contribution in [2.24, 2.45) is 23.7 Å². The predicted molar refractivity (Wildman–Crippen MR) is 196 cm³/mol. The number of carbonyl (C=O) groups excluding carboxylic acids is 5. The fourth-order valence-corrected chi connectivity index (χ4v) is 9.41. The van der Waals surface area contributed by atoms with Crippen LogP contribution < -0.4 is 10.3 Å². The van der Waals surface area contributed by atoms with Gasteiger partial charge in [0.15, 0.2) is 5.78 Å². The van der Waals surface area contributed by atoms with Gasteiger partial charge in [-0.2, -0.15) is 5.01 Å². The number of imide groups is 2. The maximum absolute atomic E-state index is 15.3. The van der Waals surface area contributed by atoms with Crippen molar-refractivity contribution in [1.82, 2.24) is 5.01 Å². The normalized spacial score (nSPS) is 26.3. The standard InChI is InChI=1S/C42H35ClFN3O6/c1-21-18-25(19-22(2)37(21)49)36-31-16-17-32-35(40(52)46(38(32)50)30-14-4-24(5-15-30)23(3)48)33(31)20-34-39(51)47(45-29-12-10-28(44)11-13-29)41(53)42(34,36)26-6-8-27(43)9-7-26/h4-16,18-19,32-36,45,49H,17,20H2,1-3H3. The summed E-state index contributed by atoms with van der Waals surface area (Å²) in [5.41, 5.74) is 5.67. The fourth-order valence-electron chi connectivity index (χ4n) is 9.29. The topological polar surface area (TPSA) is 124 Å². The number of phenolic OH excluding ortho intramolecular Hbond substituents is 1. The van der Waals surface area contributed by atoms with Crippen LogP contribution in [0.3, 0.4) is 0 Å². The molecule has 6 atom stereocenters. The summed E-state index contributed by atoms with van der Waals surface area (Å²) in [7, 11) is 0. The minimum absolute atomic E-state index is 0.0878. The van der Waals surface area contributed by atoms with Crippen molar-refractivity contribution in [2.75, 3.05) is 10.3 Å². The fraction of sp³-hybridized carbons (Fsp3) is 0.262. The molecular formula is C42H35ClFN3O6. The zero-order valence-corrected chi connectivity index (χ0v) is 29.9. The number of hydrogen-bond acceptors (Lipinski definition) is 7. The van der Waals surface area contributed by atoms with Gasteiger partial charge in [0.1, 0.15) is 11.6 Å². The van der Waals surface area contributed by atoms with Gasteiger partial charge in [0.05, 0.1) is 34.5 Å². The number of aryl methyl sites for hydroxylation is 2.